The summed E-state index contributed by atoms with van der Waals surface area (Å²) in [5.74, 6) is 0. The Morgan fingerprint density at radius 2 is 2.26 bits per heavy atom. The Balaban J connectivity index is 2.59. The predicted molar refractivity (Wildman–Crippen MR) is 79.4 cm³/mol. The second-order valence-electron chi connectivity index (χ2n) is 4.47. The highest BCUT2D eigenvalue weighted by Gasteiger charge is 2.14. The van der Waals surface area contributed by atoms with Crippen molar-refractivity contribution in [2.45, 2.75) is 13.5 Å². The summed E-state index contributed by atoms with van der Waals surface area (Å²) in [4.78, 5) is 12.5. The van der Waals surface area contributed by atoms with Crippen molar-refractivity contribution in [3.63, 3.8) is 0 Å². The molecule has 2 heterocycles. The number of nitrogens with zero attached hydrogens (tertiary/aromatic N) is 2. The fraction of sp³-hybridized carbons (Fsp3) is 0.231. The van der Waals surface area contributed by atoms with Crippen LogP contribution in [0.1, 0.15) is 5.69 Å². The van der Waals surface area contributed by atoms with Gasteiger partial charge in [0.05, 0.1) is 22.1 Å². The van der Waals surface area contributed by atoms with Gasteiger partial charge in [-0.15, -0.1) is 0 Å². The average molecular weight is 321 g/mol. The zero-order valence-electron chi connectivity index (χ0n) is 10.4. The van der Waals surface area contributed by atoms with Gasteiger partial charge in [0.1, 0.15) is 0 Å². The van der Waals surface area contributed by atoms with Crippen molar-refractivity contribution in [1.82, 2.24) is 14.8 Å². The molecule has 19 heavy (non-hydrogen) atoms. The Kier molecular flexibility index (Phi) is 2.91. The van der Waals surface area contributed by atoms with Gasteiger partial charge in [0, 0.05) is 22.9 Å². The third-order valence-electron chi connectivity index (χ3n) is 3.28. The van der Waals surface area contributed by atoms with Gasteiger partial charge in [-0.3, -0.25) is 9.89 Å². The lowest BCUT2D eigenvalue weighted by molar-refractivity contribution is 0.712. The number of halogens is 1. The summed E-state index contributed by atoms with van der Waals surface area (Å²) in [6.45, 7) is 2.75. The molecule has 0 saturated carbocycles. The zero-order chi connectivity index (χ0) is 13.6. The normalized spacial score (nSPS) is 11.5. The largest absolute Gasteiger partial charge is 0.329 e. The maximum atomic E-state index is 12.5. The Morgan fingerprint density at radius 1 is 1.47 bits per heavy atom. The minimum atomic E-state index is -0.0403. The third kappa shape index (κ3) is 1.79. The molecule has 0 aliphatic carbocycles. The molecule has 3 aromatic rings. The number of aromatic nitrogens is 3. The van der Waals surface area contributed by atoms with Gasteiger partial charge in [-0.25, -0.2) is 0 Å². The number of aromatic amines is 1. The van der Waals surface area contributed by atoms with E-state index in [2.05, 4.69) is 26.1 Å². The van der Waals surface area contributed by atoms with Crippen LogP contribution in [-0.4, -0.2) is 21.3 Å². The number of hydrogen-bond acceptors (Lipinski definition) is 3. The highest BCUT2D eigenvalue weighted by Crippen LogP contribution is 2.25. The molecule has 0 aliphatic rings. The van der Waals surface area contributed by atoms with E-state index in [1.54, 1.807) is 4.57 Å². The summed E-state index contributed by atoms with van der Waals surface area (Å²) in [5.41, 5.74) is 7.95. The lowest BCUT2D eigenvalue weighted by atomic mass is 10.1. The minimum absolute atomic E-state index is 0.0403. The van der Waals surface area contributed by atoms with Gasteiger partial charge < -0.3 is 10.3 Å². The first-order chi connectivity index (χ1) is 9.13. The monoisotopic (exact) mass is 320 g/mol. The molecule has 1 aromatic carbocycles. The van der Waals surface area contributed by atoms with Crippen molar-refractivity contribution < 1.29 is 0 Å². The fourth-order valence-electron chi connectivity index (χ4n) is 2.43. The summed E-state index contributed by atoms with van der Waals surface area (Å²) in [5, 5.41) is 8.71. The molecule has 0 atom stereocenters. The van der Waals surface area contributed by atoms with Crippen LogP contribution in [0.2, 0.25) is 0 Å². The second kappa shape index (κ2) is 4.47. The van der Waals surface area contributed by atoms with E-state index in [1.807, 2.05) is 25.1 Å². The lowest BCUT2D eigenvalue weighted by Crippen LogP contribution is -2.24. The van der Waals surface area contributed by atoms with Crippen LogP contribution in [0, 0.1) is 6.92 Å². The smallest absolute Gasteiger partial charge is 0.262 e. The van der Waals surface area contributed by atoms with Crippen molar-refractivity contribution in [3.8, 4) is 0 Å². The van der Waals surface area contributed by atoms with E-state index in [1.165, 1.54) is 0 Å². The van der Waals surface area contributed by atoms with Crippen LogP contribution >= 0.6 is 15.9 Å². The SMILES string of the molecule is Cc1n[nH]c2c1c(=O)n(CCN)c1ccc(Br)cc21. The second-order valence-corrected chi connectivity index (χ2v) is 5.38. The molecule has 0 fully saturated rings. The van der Waals surface area contributed by atoms with Gasteiger partial charge in [0.2, 0.25) is 0 Å². The van der Waals surface area contributed by atoms with E-state index >= 15 is 0 Å². The number of nitrogens with two attached hydrogens (primary N) is 1. The number of H-pyrrole nitrogens is 1. The standard InChI is InChI=1S/C13H13BrN4O/c1-7-11-12(17-16-7)9-6-8(14)2-3-10(9)18(5-4-15)13(11)19/h2-3,6H,4-5,15H2,1H3,(H,16,17). The molecule has 0 spiro atoms. The van der Waals surface area contributed by atoms with Gasteiger partial charge in [-0.05, 0) is 25.1 Å². The molecule has 2 aromatic heterocycles. The summed E-state index contributed by atoms with van der Waals surface area (Å²) in [7, 11) is 0. The summed E-state index contributed by atoms with van der Waals surface area (Å²) < 4.78 is 2.68. The summed E-state index contributed by atoms with van der Waals surface area (Å²) in [6, 6.07) is 5.83. The van der Waals surface area contributed by atoms with Crippen molar-refractivity contribution in [1.29, 1.82) is 0 Å². The van der Waals surface area contributed by atoms with Crippen LogP contribution in [0.3, 0.4) is 0 Å². The molecule has 5 nitrogen and oxygen atoms in total. The van der Waals surface area contributed by atoms with Crippen molar-refractivity contribution in [3.05, 3.63) is 38.7 Å². The molecule has 0 aliphatic heterocycles. The molecule has 3 N–H and O–H groups in total. The lowest BCUT2D eigenvalue weighted by Gasteiger charge is -2.10. The number of hydrogen-bond donors (Lipinski definition) is 2. The minimum Gasteiger partial charge on any atom is -0.329 e. The first-order valence-corrected chi connectivity index (χ1v) is 6.79. The van der Waals surface area contributed by atoms with Crippen molar-refractivity contribution in [2.75, 3.05) is 6.54 Å². The average Bonchev–Trinajstić information content (AvgIpc) is 2.77. The Bertz CT molecular complexity index is 834. The topological polar surface area (TPSA) is 76.7 Å². The van der Waals surface area contributed by atoms with Crippen molar-refractivity contribution in [2.24, 2.45) is 5.73 Å². The van der Waals surface area contributed by atoms with E-state index in [0.29, 0.717) is 24.2 Å². The molecule has 0 amide bonds. The molecule has 98 valence electrons. The first-order valence-electron chi connectivity index (χ1n) is 6.00. The van der Waals surface area contributed by atoms with Gasteiger partial charge in [0.15, 0.2) is 0 Å². The molecular formula is C13H13BrN4O. The number of fused-ring (bicyclic) bond motifs is 3. The molecule has 0 radical (unpaired) electrons. The van der Waals surface area contributed by atoms with Crippen molar-refractivity contribution >= 4 is 37.7 Å². The maximum Gasteiger partial charge on any atom is 0.262 e. The Hall–Kier alpha value is -1.66. The highest BCUT2D eigenvalue weighted by atomic mass is 79.9. The Labute approximate surface area is 117 Å². The summed E-state index contributed by atoms with van der Waals surface area (Å²) >= 11 is 3.46. The van der Waals surface area contributed by atoms with E-state index in [0.717, 1.165) is 20.9 Å². The summed E-state index contributed by atoms with van der Waals surface area (Å²) in [6.07, 6.45) is 0. The van der Waals surface area contributed by atoms with Gasteiger partial charge in [0.25, 0.3) is 5.56 Å². The molecule has 0 saturated heterocycles. The van der Waals surface area contributed by atoms with E-state index in [4.69, 9.17) is 5.73 Å². The number of nitrogens with one attached hydrogen (secondary N) is 1. The Morgan fingerprint density at radius 3 is 3.00 bits per heavy atom. The van der Waals surface area contributed by atoms with Crippen LogP contribution in [-0.2, 0) is 6.54 Å². The number of aryl methyl sites for hydroxylation is 1. The van der Waals surface area contributed by atoms with Crippen LogP contribution in [0.4, 0.5) is 0 Å². The molecule has 0 unspecified atom stereocenters. The molecular weight excluding hydrogens is 308 g/mol. The van der Waals surface area contributed by atoms with Gasteiger partial charge in [-0.2, -0.15) is 5.10 Å². The molecule has 0 bridgehead atoms. The van der Waals surface area contributed by atoms with E-state index in [9.17, 15) is 4.79 Å². The number of rotatable bonds is 2. The quantitative estimate of drug-likeness (QED) is 0.757. The van der Waals surface area contributed by atoms with Gasteiger partial charge in [-0.1, -0.05) is 15.9 Å². The van der Waals surface area contributed by atoms with Crippen LogP contribution < -0.4 is 11.3 Å². The third-order valence-corrected chi connectivity index (χ3v) is 3.77. The highest BCUT2D eigenvalue weighted by molar-refractivity contribution is 9.10. The molecule has 3 rings (SSSR count). The van der Waals surface area contributed by atoms with E-state index < -0.39 is 0 Å². The molecule has 6 heteroatoms. The number of pyridine rings is 1. The first kappa shape index (κ1) is 12.4. The van der Waals surface area contributed by atoms with Gasteiger partial charge >= 0.3 is 0 Å². The number of benzene rings is 1. The predicted octanol–water partition coefficient (Wildman–Crippen LogP) is 1.91. The maximum absolute atomic E-state index is 12.5. The van der Waals surface area contributed by atoms with Crippen LogP contribution in [0.25, 0.3) is 21.8 Å². The zero-order valence-corrected chi connectivity index (χ0v) is 12.0. The van der Waals surface area contributed by atoms with Crippen LogP contribution in [0.15, 0.2) is 27.5 Å². The van der Waals surface area contributed by atoms with Crippen LogP contribution in [0.5, 0.6) is 0 Å². The fourth-order valence-corrected chi connectivity index (χ4v) is 2.79. The van der Waals surface area contributed by atoms with E-state index in [-0.39, 0.29) is 5.56 Å².